The number of ether oxygens (including phenoxy) is 1. The van der Waals surface area contributed by atoms with E-state index in [1.165, 1.54) is 0 Å². The van der Waals surface area contributed by atoms with E-state index >= 15 is 0 Å². The average Bonchev–Trinajstić information content (AvgIpc) is 3.02. The highest BCUT2D eigenvalue weighted by atomic mass is 35.5. The molecule has 1 N–H and O–H groups in total. The van der Waals surface area contributed by atoms with Crippen molar-refractivity contribution in [1.29, 1.82) is 0 Å². The molecular formula is C19H20ClN3O4. The van der Waals surface area contributed by atoms with Gasteiger partial charge in [0.2, 0.25) is 0 Å². The third-order valence-corrected chi connectivity index (χ3v) is 4.44. The maximum absolute atomic E-state index is 10.8. The summed E-state index contributed by atoms with van der Waals surface area (Å²) in [6.07, 6.45) is 1.62. The Morgan fingerprint density at radius 2 is 2.15 bits per heavy atom. The molecule has 2 aromatic heterocycles. The van der Waals surface area contributed by atoms with Gasteiger partial charge < -0.3 is 14.4 Å². The van der Waals surface area contributed by atoms with E-state index in [2.05, 4.69) is 22.3 Å². The molecule has 7 nitrogen and oxygen atoms in total. The minimum absolute atomic E-state index is 0.0256. The van der Waals surface area contributed by atoms with Gasteiger partial charge in [0.1, 0.15) is 17.5 Å². The summed E-state index contributed by atoms with van der Waals surface area (Å²) in [5, 5.41) is 22.2. The molecule has 0 amide bonds. The minimum atomic E-state index is -0.890. The van der Waals surface area contributed by atoms with Gasteiger partial charge in [0.15, 0.2) is 5.58 Å². The molecule has 142 valence electrons. The van der Waals surface area contributed by atoms with Crippen LogP contribution in [0, 0.1) is 6.92 Å². The van der Waals surface area contributed by atoms with E-state index in [4.69, 9.17) is 26.0 Å². The molecule has 0 unspecified atom stereocenters. The Morgan fingerprint density at radius 1 is 1.33 bits per heavy atom. The molecule has 3 aromatic rings. The number of fused-ring (bicyclic) bond motifs is 1. The Labute approximate surface area is 161 Å². The molecule has 3 rings (SSSR count). The lowest BCUT2D eigenvalue weighted by Gasteiger charge is -2.18. The molecular weight excluding hydrogens is 370 g/mol. The van der Waals surface area contributed by atoms with Gasteiger partial charge in [-0.25, -0.2) is 0 Å². The average molecular weight is 390 g/mol. The number of aromatic nitrogens is 3. The van der Waals surface area contributed by atoms with Crippen LogP contribution in [0.4, 0.5) is 0 Å². The van der Waals surface area contributed by atoms with Crippen molar-refractivity contribution in [1.82, 2.24) is 15.4 Å². The first-order chi connectivity index (χ1) is 13.0. The number of carbonyl (C=O) groups is 1. The Bertz CT molecular complexity index is 940. The topological polar surface area (TPSA) is 98.3 Å². The number of carboxylic acids is 1. The smallest absolute Gasteiger partial charge is 0.303 e. The highest BCUT2D eigenvalue weighted by molar-refractivity contribution is 6.32. The number of hydrogen-bond donors (Lipinski definition) is 1. The molecule has 0 aliphatic heterocycles. The fourth-order valence-electron chi connectivity index (χ4n) is 2.75. The van der Waals surface area contributed by atoms with Crippen LogP contribution in [0.3, 0.4) is 0 Å². The summed E-state index contributed by atoms with van der Waals surface area (Å²) in [6, 6.07) is 7.17. The van der Waals surface area contributed by atoms with Gasteiger partial charge in [0.25, 0.3) is 0 Å². The fraction of sp³-hybridized carbons (Fsp3) is 0.368. The Balaban J connectivity index is 1.87. The van der Waals surface area contributed by atoms with E-state index in [0.717, 1.165) is 24.2 Å². The quantitative estimate of drug-likeness (QED) is 0.604. The molecule has 0 aliphatic carbocycles. The largest absolute Gasteiger partial charge is 0.482 e. The van der Waals surface area contributed by atoms with E-state index in [1.807, 2.05) is 19.1 Å². The van der Waals surface area contributed by atoms with Crippen molar-refractivity contribution in [2.24, 2.45) is 0 Å². The van der Waals surface area contributed by atoms with Gasteiger partial charge in [-0.05, 0) is 31.5 Å². The minimum Gasteiger partial charge on any atom is -0.482 e. The maximum atomic E-state index is 10.8. The van der Waals surface area contributed by atoms with E-state index < -0.39 is 5.97 Å². The van der Waals surface area contributed by atoms with Gasteiger partial charge in [0, 0.05) is 17.9 Å². The number of hydrogen-bond acceptors (Lipinski definition) is 6. The molecule has 8 heteroatoms. The van der Waals surface area contributed by atoms with Crippen LogP contribution in [0.15, 0.2) is 28.8 Å². The highest BCUT2D eigenvalue weighted by Crippen LogP contribution is 2.35. The summed E-state index contributed by atoms with van der Waals surface area (Å²) < 4.78 is 11.4. The van der Waals surface area contributed by atoms with Crippen LogP contribution >= 0.6 is 11.6 Å². The number of benzene rings is 1. The first-order valence-corrected chi connectivity index (χ1v) is 9.12. The fourth-order valence-corrected chi connectivity index (χ4v) is 2.96. The van der Waals surface area contributed by atoms with Crippen molar-refractivity contribution in [3.8, 4) is 5.75 Å². The number of rotatable bonds is 8. The van der Waals surface area contributed by atoms with Crippen molar-refractivity contribution in [3.05, 3.63) is 46.4 Å². The van der Waals surface area contributed by atoms with Crippen LogP contribution in [0.5, 0.6) is 5.75 Å². The summed E-state index contributed by atoms with van der Waals surface area (Å²) in [5.41, 5.74) is 2.64. The lowest BCUT2D eigenvalue weighted by molar-refractivity contribution is -0.136. The van der Waals surface area contributed by atoms with E-state index in [9.17, 15) is 4.79 Å². The Kier molecular flexibility index (Phi) is 5.91. The predicted octanol–water partition coefficient (Wildman–Crippen LogP) is 4.52. The second kappa shape index (κ2) is 8.35. The lowest BCUT2D eigenvalue weighted by Crippen LogP contribution is -2.10. The van der Waals surface area contributed by atoms with E-state index in [1.54, 1.807) is 12.1 Å². The van der Waals surface area contributed by atoms with E-state index in [-0.39, 0.29) is 18.9 Å². The monoisotopic (exact) mass is 389 g/mol. The molecule has 0 saturated carbocycles. The third kappa shape index (κ3) is 4.54. The maximum Gasteiger partial charge on any atom is 0.303 e. The van der Waals surface area contributed by atoms with Crippen LogP contribution in [-0.4, -0.2) is 26.4 Å². The molecule has 0 fully saturated rings. The zero-order valence-electron chi connectivity index (χ0n) is 15.1. The molecule has 1 aromatic carbocycles. The zero-order valence-corrected chi connectivity index (χ0v) is 15.9. The number of aliphatic carboxylic acids is 1. The number of halogens is 1. The Morgan fingerprint density at radius 3 is 2.81 bits per heavy atom. The predicted molar refractivity (Wildman–Crippen MR) is 100 cm³/mol. The summed E-state index contributed by atoms with van der Waals surface area (Å²) in [4.78, 5) is 10.8. The second-order valence-corrected chi connectivity index (χ2v) is 6.70. The highest BCUT2D eigenvalue weighted by Gasteiger charge is 2.19. The summed E-state index contributed by atoms with van der Waals surface area (Å²) in [7, 11) is 0. The van der Waals surface area contributed by atoms with Gasteiger partial charge in [0.05, 0.1) is 22.8 Å². The SMILES string of the molecule is CCC[C@H](Oc1cc2onc(CCC(=O)O)c2cc1Cl)c1ccc(C)nn1. The van der Waals surface area contributed by atoms with Crippen molar-refractivity contribution < 1.29 is 19.2 Å². The Hall–Kier alpha value is -2.67. The number of nitrogens with zero attached hydrogens (tertiary/aromatic N) is 3. The van der Waals surface area contributed by atoms with Crippen LogP contribution in [-0.2, 0) is 11.2 Å². The van der Waals surface area contributed by atoms with Gasteiger partial charge in [-0.15, -0.1) is 0 Å². The van der Waals surface area contributed by atoms with Gasteiger partial charge >= 0.3 is 5.97 Å². The first kappa shape index (κ1) is 19.1. The van der Waals surface area contributed by atoms with Gasteiger partial charge in [-0.2, -0.15) is 10.2 Å². The summed E-state index contributed by atoms with van der Waals surface area (Å²) in [6.45, 7) is 3.94. The van der Waals surface area contributed by atoms with Crippen molar-refractivity contribution in [3.63, 3.8) is 0 Å². The zero-order chi connectivity index (χ0) is 19.4. The number of aryl methyl sites for hydroxylation is 2. The van der Waals surface area contributed by atoms with Crippen LogP contribution in [0.25, 0.3) is 11.0 Å². The molecule has 27 heavy (non-hydrogen) atoms. The normalized spacial score (nSPS) is 12.3. The molecule has 0 bridgehead atoms. The van der Waals surface area contributed by atoms with Crippen molar-refractivity contribution in [2.75, 3.05) is 0 Å². The van der Waals surface area contributed by atoms with Gasteiger partial charge in [-0.1, -0.05) is 30.1 Å². The third-order valence-electron chi connectivity index (χ3n) is 4.14. The first-order valence-electron chi connectivity index (χ1n) is 8.74. The summed E-state index contributed by atoms with van der Waals surface area (Å²) >= 11 is 6.40. The van der Waals surface area contributed by atoms with E-state index in [0.29, 0.717) is 27.4 Å². The standard InChI is InChI=1S/C19H20ClN3O4/c1-3-4-16(15-6-5-11(2)21-22-15)26-18-10-17-12(9-13(18)20)14(23-27-17)7-8-19(24)25/h5-6,9-10,16H,3-4,7-8H2,1-2H3,(H,24,25)/t16-/m0/s1. The van der Waals surface area contributed by atoms with Crippen molar-refractivity contribution in [2.45, 2.75) is 45.6 Å². The molecule has 0 radical (unpaired) electrons. The summed E-state index contributed by atoms with van der Waals surface area (Å²) in [5.74, 6) is -0.426. The second-order valence-electron chi connectivity index (χ2n) is 6.30. The molecule has 0 aliphatic rings. The molecule has 0 saturated heterocycles. The van der Waals surface area contributed by atoms with Gasteiger partial charge in [-0.3, -0.25) is 4.79 Å². The molecule has 2 heterocycles. The molecule has 0 spiro atoms. The van der Waals surface area contributed by atoms with Crippen LogP contribution in [0.1, 0.15) is 49.4 Å². The lowest BCUT2D eigenvalue weighted by atomic mass is 10.1. The molecule has 1 atom stereocenters. The van der Waals surface area contributed by atoms with Crippen molar-refractivity contribution >= 4 is 28.5 Å². The van der Waals surface area contributed by atoms with Crippen LogP contribution < -0.4 is 4.74 Å². The van der Waals surface area contributed by atoms with Crippen LogP contribution in [0.2, 0.25) is 5.02 Å². The number of carboxylic acid groups (broad SMARTS) is 1.